The van der Waals surface area contributed by atoms with E-state index in [0.717, 1.165) is 35.7 Å². The quantitative estimate of drug-likeness (QED) is 0.0468. The summed E-state index contributed by atoms with van der Waals surface area (Å²) in [5.74, 6) is -0.0671. The van der Waals surface area contributed by atoms with Crippen LogP contribution in [0.15, 0.2) is 11.4 Å². The Morgan fingerprint density at radius 1 is 1.03 bits per heavy atom. The Morgan fingerprint density at radius 2 is 1.20 bits per heavy atom. The standard InChI is InChI=1S/C2H4N4.C2H7N3.C2H3N.CH2N2.CN2.CHO2.CO2.2Ca.2H2O/c3-1-6-2(4)5;1-5-2(3)4;1-2-3;4*2-1-3;;;;/h(H4,4,5,6);1H3,(H4,3,4,5);1H3;2H2;;(H,2,3);;;;2*1H2/q;;;;;-1;;;+2;;/p-1. The number of hydrogen-bond donors (Lipinski definition) is 6. The molecule has 160 valence electrons. The summed E-state index contributed by atoms with van der Waals surface area (Å²) in [6.45, 7) is 1.93. The molecule has 0 unspecified atom stereocenters. The molecule has 18 nitrogen and oxygen atoms in total. The number of nitrogens with two attached hydrogens (primary N) is 5. The van der Waals surface area contributed by atoms with Crippen molar-refractivity contribution in [2.75, 3.05) is 7.05 Å². The molecule has 0 aromatic carbocycles. The van der Waals surface area contributed by atoms with Gasteiger partial charge >= 0.3 is 92.4 Å². The second-order valence-electron chi connectivity index (χ2n) is 2.07. The van der Waals surface area contributed by atoms with Gasteiger partial charge < -0.3 is 49.5 Å². The Balaban J connectivity index is -0.0000000195. The topological polar surface area (TPSA) is 395 Å². The molecule has 0 amide bonds. The van der Waals surface area contributed by atoms with Crippen molar-refractivity contribution >= 4 is 98.0 Å². The Labute approximate surface area is 226 Å². The third kappa shape index (κ3) is 1310. The van der Waals surface area contributed by atoms with Gasteiger partial charge in [0.05, 0.1) is 6.07 Å². The molecule has 20 heteroatoms. The molecule has 14 N–H and O–H groups in total. The Morgan fingerprint density at radius 3 is 1.20 bits per heavy atom. The van der Waals surface area contributed by atoms with Gasteiger partial charge in [-0.15, -0.1) is 4.99 Å². The predicted molar refractivity (Wildman–Crippen MR) is 103 cm³/mol. The molecule has 0 atom stereocenters. The molecule has 0 saturated heterocycles. The van der Waals surface area contributed by atoms with Crippen LogP contribution in [0.2, 0.25) is 0 Å². The molecule has 0 aromatic rings. The summed E-state index contributed by atoms with van der Waals surface area (Å²) in [4.78, 5) is 30.8. The first-order valence-electron chi connectivity index (χ1n) is 5.33. The molecular formula is C10H20Ca2N12O6. The zero-order valence-corrected chi connectivity index (χ0v) is 20.5. The van der Waals surface area contributed by atoms with Gasteiger partial charge in [-0.25, -0.2) is 0 Å². The molecule has 0 fully saturated rings. The first-order valence-corrected chi connectivity index (χ1v) is 6.32. The fourth-order valence-corrected chi connectivity index (χ4v) is 0.0577. The van der Waals surface area contributed by atoms with Crippen molar-refractivity contribution < 1.29 is 30.4 Å². The molecule has 0 radical (unpaired) electrons. The Bertz CT molecular complexity index is 562. The van der Waals surface area contributed by atoms with Crippen molar-refractivity contribution in [1.29, 1.82) is 21.0 Å². The largest absolute Gasteiger partial charge is 2.00 e. The van der Waals surface area contributed by atoms with Crippen molar-refractivity contribution in [3.05, 3.63) is 0 Å². The molecule has 0 aliphatic carbocycles. The number of aliphatic hydroxyl groups excluding tert-OH is 1. The van der Waals surface area contributed by atoms with Crippen molar-refractivity contribution in [2.24, 2.45) is 40.1 Å². The number of guanidine groups is 2. The van der Waals surface area contributed by atoms with Crippen molar-refractivity contribution in [3.8, 4) is 24.6 Å². The van der Waals surface area contributed by atoms with Crippen LogP contribution in [0, 0.1) is 45.7 Å². The van der Waals surface area contributed by atoms with Gasteiger partial charge in [0.25, 0.3) is 0 Å². The average molecular weight is 485 g/mol. The third-order valence-corrected chi connectivity index (χ3v) is 0.729. The van der Waals surface area contributed by atoms with E-state index in [1.54, 1.807) is 12.3 Å². The van der Waals surface area contributed by atoms with Gasteiger partial charge in [-0.05, 0) is 0 Å². The SMILES string of the molecule is CC#N.CN=C(N)N.N#CN.N#CN=C(N)N.N#C[N]=[Ca].O.O=C=O.O=[C-]O.[Ca+2].[OH-]. The van der Waals surface area contributed by atoms with Crippen LogP contribution in [-0.2, 0) is 14.4 Å². The van der Waals surface area contributed by atoms with Crippen molar-refractivity contribution in [1.82, 2.24) is 0 Å². The minimum Gasteiger partial charge on any atom is -0.870 e. The fraction of sp³-hybridized carbons (Fsp3) is 0.200. The number of hydrogen-bond acceptors (Lipinski definition) is 12. The summed E-state index contributed by atoms with van der Waals surface area (Å²) in [5, 5.41) is 36.3. The van der Waals surface area contributed by atoms with Crippen LogP contribution in [0.25, 0.3) is 0 Å². The maximum Gasteiger partial charge on any atom is 2.00 e. The van der Waals surface area contributed by atoms with E-state index in [4.69, 9.17) is 63.5 Å². The zero-order valence-electron chi connectivity index (χ0n) is 16.1. The van der Waals surface area contributed by atoms with Crippen LogP contribution < -0.4 is 28.7 Å². The summed E-state index contributed by atoms with van der Waals surface area (Å²) < 4.78 is 3.17. The third-order valence-electron chi connectivity index (χ3n) is 0.508. The summed E-state index contributed by atoms with van der Waals surface area (Å²) in [5.41, 5.74) is 23.2. The normalized spacial score (nSPS) is 4.00. The van der Waals surface area contributed by atoms with Crippen LogP contribution in [-0.4, -0.2) is 121 Å². The van der Waals surface area contributed by atoms with Gasteiger partial charge in [0.2, 0.25) is 12.2 Å². The number of rotatable bonds is 0. The second kappa shape index (κ2) is 111. The first-order chi connectivity index (χ1) is 12.6. The number of carbonyl (C=O) groups excluding carboxylic acids is 2. The molecule has 0 aliphatic rings. The number of aliphatic imine (C=N–C) groups is 2. The molecule has 0 spiro atoms. The van der Waals surface area contributed by atoms with E-state index in [0.29, 0.717) is 6.47 Å². The summed E-state index contributed by atoms with van der Waals surface area (Å²) >= 11 is 0.733. The van der Waals surface area contributed by atoms with E-state index < -0.39 is 0 Å². The van der Waals surface area contributed by atoms with E-state index in [2.05, 4.69) is 17.1 Å². The second-order valence-corrected chi connectivity index (χ2v) is 2.56. The van der Waals surface area contributed by atoms with E-state index in [9.17, 15) is 0 Å². The van der Waals surface area contributed by atoms with Gasteiger partial charge in [-0.2, -0.15) is 25.4 Å². The van der Waals surface area contributed by atoms with Crippen LogP contribution in [0.4, 0.5) is 0 Å². The number of nitriles is 4. The van der Waals surface area contributed by atoms with Gasteiger partial charge in [0.15, 0.2) is 12.2 Å². The number of nitrogens with zero attached hydrogens (tertiary/aromatic N) is 7. The maximum absolute atomic E-state index is 8.24. The van der Waals surface area contributed by atoms with Gasteiger partial charge in [0.1, 0.15) is 0 Å². The Kier molecular flexibility index (Phi) is 233. The van der Waals surface area contributed by atoms with Crippen molar-refractivity contribution in [3.63, 3.8) is 0 Å². The molecular weight excluding hydrogens is 464 g/mol. The molecule has 0 rings (SSSR count). The maximum atomic E-state index is 8.24. The van der Waals surface area contributed by atoms with Gasteiger partial charge in [-0.3, -0.25) is 4.99 Å². The fourth-order valence-electron chi connectivity index (χ4n) is 0.0577. The first kappa shape index (κ1) is 63.1. The molecule has 30 heavy (non-hydrogen) atoms. The smallest absolute Gasteiger partial charge is 0.870 e. The molecule has 0 aromatic heterocycles. The van der Waals surface area contributed by atoms with Crippen molar-refractivity contribution in [2.45, 2.75) is 6.92 Å². The summed E-state index contributed by atoms with van der Waals surface area (Å²) in [7, 11) is 1.54. The minimum atomic E-state index is -0.197. The molecule has 0 heterocycles. The van der Waals surface area contributed by atoms with E-state index in [1.807, 2.05) is 0 Å². The minimum absolute atomic E-state index is 0. The predicted octanol–water partition coefficient (Wildman–Crippen LogP) is -4.95. The van der Waals surface area contributed by atoms with Crippen LogP contribution >= 0.6 is 0 Å². The molecule has 0 saturated carbocycles. The summed E-state index contributed by atoms with van der Waals surface area (Å²) in [6.07, 6.45) is 4.52. The molecule has 0 aliphatic heterocycles. The van der Waals surface area contributed by atoms with E-state index in [-0.39, 0.29) is 66.8 Å². The van der Waals surface area contributed by atoms with Crippen LogP contribution in [0.5, 0.6) is 0 Å². The average Bonchev–Trinajstić information content (AvgIpc) is 2.58. The van der Waals surface area contributed by atoms with Gasteiger partial charge in [0, 0.05) is 14.0 Å². The summed E-state index contributed by atoms with van der Waals surface area (Å²) in [6, 6.07) is 1.75. The van der Waals surface area contributed by atoms with E-state index in [1.165, 1.54) is 26.4 Å². The van der Waals surface area contributed by atoms with Gasteiger partial charge in [-0.1, -0.05) is 6.47 Å². The monoisotopic (exact) mass is 484 g/mol. The van der Waals surface area contributed by atoms with E-state index >= 15 is 0 Å². The van der Waals surface area contributed by atoms with Crippen LogP contribution in [0.1, 0.15) is 6.92 Å². The Hall–Kier alpha value is -2.61. The zero-order chi connectivity index (χ0) is 23.5. The molecule has 0 bridgehead atoms. The van der Waals surface area contributed by atoms with Crippen LogP contribution in [0.3, 0.4) is 0 Å².